The van der Waals surface area contributed by atoms with Crippen molar-refractivity contribution in [2.45, 2.75) is 52.1 Å². The molecule has 2 amide bonds. The molecule has 1 atom stereocenters. The van der Waals surface area contributed by atoms with Crippen LogP contribution < -0.4 is 10.6 Å². The molecule has 0 aromatic carbocycles. The molecule has 0 rings (SSSR count). The zero-order chi connectivity index (χ0) is 13.1. The van der Waals surface area contributed by atoms with E-state index in [2.05, 4.69) is 10.6 Å². The molecule has 0 aromatic rings. The Hall–Kier alpha value is -1.10. The van der Waals surface area contributed by atoms with E-state index in [0.29, 0.717) is 13.1 Å². The van der Waals surface area contributed by atoms with Crippen molar-refractivity contribution in [1.29, 1.82) is 0 Å². The van der Waals surface area contributed by atoms with E-state index in [1.165, 1.54) is 0 Å². The molecule has 0 aromatic heterocycles. The zero-order valence-corrected chi connectivity index (χ0v) is 10.8. The van der Waals surface area contributed by atoms with Gasteiger partial charge < -0.3 is 15.7 Å². The minimum atomic E-state index is -1.24. The molecule has 0 bridgehead atoms. The molecule has 0 saturated carbocycles. The molecule has 0 spiro atoms. The number of aliphatic hydroxyl groups excluding tert-OH is 1. The Bertz CT molecular complexity index is 232. The summed E-state index contributed by atoms with van der Waals surface area (Å²) in [7, 11) is 0. The molecule has 3 N–H and O–H groups in total. The Labute approximate surface area is 103 Å². The predicted octanol–water partition coefficient (Wildman–Crippen LogP) is 0.570. The van der Waals surface area contributed by atoms with Gasteiger partial charge in [-0.05, 0) is 12.8 Å². The fourth-order valence-electron chi connectivity index (χ4n) is 1.25. The van der Waals surface area contributed by atoms with Crippen LogP contribution in [0.3, 0.4) is 0 Å². The average Bonchev–Trinajstić information content (AvgIpc) is 2.29. The third-order valence-corrected chi connectivity index (χ3v) is 2.36. The van der Waals surface area contributed by atoms with Crippen molar-refractivity contribution in [1.82, 2.24) is 10.6 Å². The van der Waals surface area contributed by atoms with E-state index in [4.69, 9.17) is 0 Å². The smallest absolute Gasteiger partial charge is 0.249 e. The highest BCUT2D eigenvalue weighted by Gasteiger charge is 2.17. The maximum atomic E-state index is 11.3. The lowest BCUT2D eigenvalue weighted by Crippen LogP contribution is -2.39. The van der Waals surface area contributed by atoms with E-state index >= 15 is 0 Å². The van der Waals surface area contributed by atoms with Crippen LogP contribution in [0.15, 0.2) is 0 Å². The maximum absolute atomic E-state index is 11.3. The lowest BCUT2D eigenvalue weighted by atomic mass is 10.2. The third kappa shape index (κ3) is 8.68. The van der Waals surface area contributed by atoms with Crippen LogP contribution in [-0.4, -0.2) is 36.1 Å². The summed E-state index contributed by atoms with van der Waals surface area (Å²) >= 11 is 0. The number of hydrogen-bond acceptors (Lipinski definition) is 3. The first-order valence-electron chi connectivity index (χ1n) is 6.34. The van der Waals surface area contributed by atoms with Crippen LogP contribution in [0.4, 0.5) is 0 Å². The van der Waals surface area contributed by atoms with Crippen molar-refractivity contribution in [3.05, 3.63) is 0 Å². The number of amides is 2. The van der Waals surface area contributed by atoms with Gasteiger partial charge in [-0.1, -0.05) is 26.7 Å². The van der Waals surface area contributed by atoms with E-state index in [9.17, 15) is 14.7 Å². The third-order valence-electron chi connectivity index (χ3n) is 2.36. The minimum Gasteiger partial charge on any atom is -0.383 e. The highest BCUT2D eigenvalue weighted by atomic mass is 16.3. The van der Waals surface area contributed by atoms with E-state index in [-0.39, 0.29) is 12.3 Å². The maximum Gasteiger partial charge on any atom is 0.249 e. The summed E-state index contributed by atoms with van der Waals surface area (Å²) in [5, 5.41) is 14.7. The SMILES string of the molecule is CCCCNC(=O)C[C@H](O)C(=O)NCCCC. The second-order valence-electron chi connectivity index (χ2n) is 4.07. The predicted molar refractivity (Wildman–Crippen MR) is 66.5 cm³/mol. The van der Waals surface area contributed by atoms with Gasteiger partial charge in [0.2, 0.25) is 11.8 Å². The Kier molecular flexibility index (Phi) is 9.43. The van der Waals surface area contributed by atoms with Crippen molar-refractivity contribution < 1.29 is 14.7 Å². The monoisotopic (exact) mass is 244 g/mol. The Morgan fingerprint density at radius 3 is 2.12 bits per heavy atom. The van der Waals surface area contributed by atoms with Crippen molar-refractivity contribution >= 4 is 11.8 Å². The van der Waals surface area contributed by atoms with Gasteiger partial charge in [0.05, 0.1) is 6.42 Å². The van der Waals surface area contributed by atoms with Crippen molar-refractivity contribution in [2.24, 2.45) is 0 Å². The molecular weight excluding hydrogens is 220 g/mol. The summed E-state index contributed by atoms with van der Waals surface area (Å²) < 4.78 is 0. The Balaban J connectivity index is 3.71. The molecule has 0 saturated heterocycles. The molecule has 5 nitrogen and oxygen atoms in total. The van der Waals surface area contributed by atoms with E-state index < -0.39 is 12.0 Å². The van der Waals surface area contributed by atoms with Crippen LogP contribution in [-0.2, 0) is 9.59 Å². The molecule has 5 heteroatoms. The molecule has 0 fully saturated rings. The van der Waals surface area contributed by atoms with Gasteiger partial charge in [0.1, 0.15) is 6.10 Å². The van der Waals surface area contributed by atoms with Crippen molar-refractivity contribution in [2.75, 3.05) is 13.1 Å². The summed E-state index contributed by atoms with van der Waals surface area (Å²) in [6.07, 6.45) is 2.36. The molecule has 0 heterocycles. The van der Waals surface area contributed by atoms with Crippen LogP contribution in [0, 0.1) is 0 Å². The van der Waals surface area contributed by atoms with E-state index in [1.54, 1.807) is 0 Å². The zero-order valence-electron chi connectivity index (χ0n) is 10.8. The van der Waals surface area contributed by atoms with Crippen LogP contribution in [0.5, 0.6) is 0 Å². The average molecular weight is 244 g/mol. The molecule has 0 aliphatic carbocycles. The summed E-state index contributed by atoms with van der Waals surface area (Å²) in [5.41, 5.74) is 0. The van der Waals surface area contributed by atoms with Gasteiger partial charge in [-0.15, -0.1) is 0 Å². The number of unbranched alkanes of at least 4 members (excludes halogenated alkanes) is 2. The fourth-order valence-corrected chi connectivity index (χ4v) is 1.25. The largest absolute Gasteiger partial charge is 0.383 e. The minimum absolute atomic E-state index is 0.165. The summed E-state index contributed by atoms with van der Waals surface area (Å²) in [4.78, 5) is 22.7. The number of carbonyl (C=O) groups excluding carboxylic acids is 2. The van der Waals surface area contributed by atoms with Gasteiger partial charge in [0.25, 0.3) is 0 Å². The first-order chi connectivity index (χ1) is 8.11. The number of carbonyl (C=O) groups is 2. The van der Waals surface area contributed by atoms with Crippen LogP contribution in [0.2, 0.25) is 0 Å². The van der Waals surface area contributed by atoms with E-state index in [1.807, 2.05) is 13.8 Å². The first-order valence-corrected chi connectivity index (χ1v) is 6.34. The van der Waals surface area contributed by atoms with Gasteiger partial charge >= 0.3 is 0 Å². The Morgan fingerprint density at radius 1 is 1.06 bits per heavy atom. The topological polar surface area (TPSA) is 78.4 Å². The number of rotatable bonds is 9. The molecule has 100 valence electrons. The van der Waals surface area contributed by atoms with Gasteiger partial charge in [0, 0.05) is 13.1 Å². The van der Waals surface area contributed by atoms with Crippen molar-refractivity contribution in [3.63, 3.8) is 0 Å². The number of hydrogen-bond donors (Lipinski definition) is 3. The quantitative estimate of drug-likeness (QED) is 0.519. The van der Waals surface area contributed by atoms with Crippen LogP contribution >= 0.6 is 0 Å². The highest BCUT2D eigenvalue weighted by molar-refractivity contribution is 5.87. The Morgan fingerprint density at radius 2 is 1.59 bits per heavy atom. The van der Waals surface area contributed by atoms with E-state index in [0.717, 1.165) is 25.7 Å². The lowest BCUT2D eigenvalue weighted by Gasteiger charge is -2.11. The van der Waals surface area contributed by atoms with Crippen LogP contribution in [0.25, 0.3) is 0 Å². The number of nitrogens with one attached hydrogen (secondary N) is 2. The second kappa shape index (κ2) is 10.1. The standard InChI is InChI=1S/C12H24N2O3/c1-3-5-7-13-11(16)9-10(15)12(17)14-8-6-4-2/h10,15H,3-9H2,1-2H3,(H,13,16)(H,14,17)/t10-/m0/s1. The molecular formula is C12H24N2O3. The first kappa shape index (κ1) is 15.9. The summed E-state index contributed by atoms with van der Waals surface area (Å²) in [6, 6.07) is 0. The van der Waals surface area contributed by atoms with Crippen molar-refractivity contribution in [3.8, 4) is 0 Å². The molecule has 17 heavy (non-hydrogen) atoms. The molecule has 0 aliphatic heterocycles. The van der Waals surface area contributed by atoms with Gasteiger partial charge in [-0.3, -0.25) is 9.59 Å². The van der Waals surface area contributed by atoms with Gasteiger partial charge in [-0.25, -0.2) is 0 Å². The summed E-state index contributed by atoms with van der Waals surface area (Å²) in [6.45, 7) is 5.19. The molecule has 0 aliphatic rings. The fraction of sp³-hybridized carbons (Fsp3) is 0.833. The summed E-state index contributed by atoms with van der Waals surface area (Å²) in [5.74, 6) is -0.749. The normalized spacial score (nSPS) is 11.9. The number of aliphatic hydroxyl groups is 1. The molecule has 0 unspecified atom stereocenters. The van der Waals surface area contributed by atoms with Gasteiger partial charge in [0.15, 0.2) is 0 Å². The van der Waals surface area contributed by atoms with Crippen LogP contribution in [0.1, 0.15) is 46.0 Å². The highest BCUT2D eigenvalue weighted by Crippen LogP contribution is 1.93. The molecule has 0 radical (unpaired) electrons. The van der Waals surface area contributed by atoms with Gasteiger partial charge in [-0.2, -0.15) is 0 Å². The lowest BCUT2D eigenvalue weighted by molar-refractivity contribution is -0.134. The second-order valence-corrected chi connectivity index (χ2v) is 4.07.